The van der Waals surface area contributed by atoms with Crippen LogP contribution in [0.1, 0.15) is 11.3 Å². The van der Waals surface area contributed by atoms with E-state index in [1.165, 1.54) is 0 Å². The van der Waals surface area contributed by atoms with E-state index in [1.807, 2.05) is 31.2 Å². The largest absolute Gasteiger partial charge is 0.380 e. The highest BCUT2D eigenvalue weighted by molar-refractivity contribution is 7.89. The van der Waals surface area contributed by atoms with Crippen LogP contribution in [0.25, 0.3) is 11.1 Å². The summed E-state index contributed by atoms with van der Waals surface area (Å²) in [6, 6.07) is 7.58. The van der Waals surface area contributed by atoms with Crippen LogP contribution in [-0.2, 0) is 15.6 Å². The Kier molecular flexibility index (Phi) is 3.13. The van der Waals surface area contributed by atoms with E-state index in [1.54, 1.807) is 0 Å². The lowest BCUT2D eigenvalue weighted by molar-refractivity contribution is 0.396. The maximum absolute atomic E-state index is 11.3. The number of aromatic nitrogens is 1. The molecule has 2 rings (SSSR count). The first-order valence-electron chi connectivity index (χ1n) is 5.35. The summed E-state index contributed by atoms with van der Waals surface area (Å²) in [5, 5.41) is 3.65. The number of rotatable bonds is 3. The van der Waals surface area contributed by atoms with Crippen molar-refractivity contribution < 1.29 is 12.9 Å². The van der Waals surface area contributed by atoms with Crippen molar-refractivity contribution in [2.24, 2.45) is 0 Å². The number of benzene rings is 1. The van der Waals surface area contributed by atoms with E-state index >= 15 is 0 Å². The first-order chi connectivity index (χ1) is 8.37. The highest BCUT2D eigenvalue weighted by atomic mass is 32.2. The highest BCUT2D eigenvalue weighted by Crippen LogP contribution is 2.31. The number of hydrogen-bond donors (Lipinski definition) is 1. The van der Waals surface area contributed by atoms with Gasteiger partial charge in [-0.3, -0.25) is 0 Å². The van der Waals surface area contributed by atoms with Crippen LogP contribution in [0.2, 0.25) is 0 Å². The summed E-state index contributed by atoms with van der Waals surface area (Å²) in [6.07, 6.45) is 1.14. The first kappa shape index (κ1) is 12.6. The fraction of sp³-hybridized carbons (Fsp3) is 0.250. The molecule has 0 saturated carbocycles. The molecule has 5 nitrogen and oxygen atoms in total. The molecule has 0 aliphatic rings. The van der Waals surface area contributed by atoms with Crippen LogP contribution < -0.4 is 5.73 Å². The highest BCUT2D eigenvalue weighted by Gasteiger charge is 2.19. The zero-order chi connectivity index (χ0) is 13.3. The molecule has 96 valence electrons. The van der Waals surface area contributed by atoms with Crippen LogP contribution >= 0.6 is 0 Å². The maximum atomic E-state index is 11.3. The van der Waals surface area contributed by atoms with Gasteiger partial charge in [-0.2, -0.15) is 0 Å². The van der Waals surface area contributed by atoms with E-state index in [9.17, 15) is 8.42 Å². The summed E-state index contributed by atoms with van der Waals surface area (Å²) < 4.78 is 27.7. The van der Waals surface area contributed by atoms with E-state index in [2.05, 4.69) is 5.16 Å². The lowest BCUT2D eigenvalue weighted by atomic mass is 10.0. The number of sulfone groups is 1. The van der Waals surface area contributed by atoms with Crippen molar-refractivity contribution in [1.29, 1.82) is 0 Å². The number of hydrogen-bond acceptors (Lipinski definition) is 5. The quantitative estimate of drug-likeness (QED) is 0.915. The third kappa shape index (κ3) is 2.70. The average molecular weight is 266 g/mol. The lowest BCUT2D eigenvalue weighted by Gasteiger charge is -2.03. The third-order valence-electron chi connectivity index (χ3n) is 2.49. The smallest absolute Gasteiger partial charge is 0.175 e. The zero-order valence-electron chi connectivity index (χ0n) is 10.2. The van der Waals surface area contributed by atoms with Crippen LogP contribution in [0.4, 0.5) is 5.82 Å². The average Bonchev–Trinajstić information content (AvgIpc) is 2.57. The van der Waals surface area contributed by atoms with Crippen LogP contribution in [0.5, 0.6) is 0 Å². The van der Waals surface area contributed by atoms with Crippen LogP contribution in [-0.4, -0.2) is 19.8 Å². The Morgan fingerprint density at radius 1 is 1.39 bits per heavy atom. The molecule has 1 aromatic heterocycles. The third-order valence-corrected chi connectivity index (χ3v) is 3.28. The molecule has 2 N–H and O–H groups in total. The van der Waals surface area contributed by atoms with Crippen molar-refractivity contribution in [3.8, 4) is 11.1 Å². The molecule has 0 radical (unpaired) electrons. The van der Waals surface area contributed by atoms with E-state index in [-0.39, 0.29) is 17.3 Å². The second-order valence-corrected chi connectivity index (χ2v) is 6.45. The molecule has 0 spiro atoms. The number of nitrogen functional groups attached to an aromatic ring is 1. The molecule has 2 aromatic rings. The summed E-state index contributed by atoms with van der Waals surface area (Å²) in [7, 11) is -3.19. The van der Waals surface area contributed by atoms with E-state index in [4.69, 9.17) is 10.3 Å². The van der Waals surface area contributed by atoms with Crippen molar-refractivity contribution in [2.75, 3.05) is 12.0 Å². The van der Waals surface area contributed by atoms with Crippen molar-refractivity contribution in [1.82, 2.24) is 5.16 Å². The molecule has 0 saturated heterocycles. The molecular weight excluding hydrogens is 252 g/mol. The van der Waals surface area contributed by atoms with Crippen molar-refractivity contribution in [2.45, 2.75) is 12.7 Å². The molecule has 0 bridgehead atoms. The summed E-state index contributed by atoms with van der Waals surface area (Å²) in [4.78, 5) is 0. The van der Waals surface area contributed by atoms with Crippen molar-refractivity contribution >= 4 is 15.7 Å². The lowest BCUT2D eigenvalue weighted by Crippen LogP contribution is -2.01. The van der Waals surface area contributed by atoms with Crippen LogP contribution in [0.3, 0.4) is 0 Å². The number of nitrogens with two attached hydrogens (primary N) is 1. The minimum atomic E-state index is -3.19. The first-order valence-corrected chi connectivity index (χ1v) is 7.41. The minimum Gasteiger partial charge on any atom is -0.380 e. The Labute approximate surface area is 106 Å². The van der Waals surface area contributed by atoms with Crippen molar-refractivity contribution in [3.63, 3.8) is 0 Å². The standard InChI is InChI=1S/C12H14N2O3S/c1-8-4-3-5-9(6-8)11-10(7-18(2,15)16)17-14-12(11)13/h3-6H,7H2,1-2H3,(H2,13,14). The van der Waals surface area contributed by atoms with Gasteiger partial charge >= 0.3 is 0 Å². The Bertz CT molecular complexity index is 674. The fourth-order valence-corrected chi connectivity index (χ4v) is 2.46. The van der Waals surface area contributed by atoms with Gasteiger partial charge in [0.15, 0.2) is 21.4 Å². The van der Waals surface area contributed by atoms with E-state index < -0.39 is 9.84 Å². The predicted octanol–water partition coefficient (Wildman–Crippen LogP) is 1.78. The SMILES string of the molecule is Cc1cccc(-c2c(N)noc2CS(C)(=O)=O)c1. The number of aryl methyl sites for hydroxylation is 1. The van der Waals surface area contributed by atoms with Crippen LogP contribution in [0, 0.1) is 6.92 Å². The summed E-state index contributed by atoms with van der Waals surface area (Å²) in [5.41, 5.74) is 8.17. The number of anilines is 1. The van der Waals surface area contributed by atoms with E-state index in [0.29, 0.717) is 5.56 Å². The van der Waals surface area contributed by atoms with Gasteiger partial charge in [-0.05, 0) is 12.5 Å². The van der Waals surface area contributed by atoms with Crippen molar-refractivity contribution in [3.05, 3.63) is 35.6 Å². The van der Waals surface area contributed by atoms with Gasteiger partial charge in [-0.1, -0.05) is 35.0 Å². The topological polar surface area (TPSA) is 86.2 Å². The van der Waals surface area contributed by atoms with Gasteiger partial charge in [0.1, 0.15) is 5.75 Å². The van der Waals surface area contributed by atoms with Gasteiger partial charge < -0.3 is 10.3 Å². The minimum absolute atomic E-state index is 0.208. The molecule has 0 unspecified atom stereocenters. The van der Waals surface area contributed by atoms with Crippen LogP contribution in [0.15, 0.2) is 28.8 Å². The molecule has 0 amide bonds. The molecule has 0 aliphatic carbocycles. The monoisotopic (exact) mass is 266 g/mol. The Hall–Kier alpha value is -1.82. The predicted molar refractivity (Wildman–Crippen MR) is 69.6 cm³/mol. The Morgan fingerprint density at radius 3 is 2.72 bits per heavy atom. The molecular formula is C12H14N2O3S. The maximum Gasteiger partial charge on any atom is 0.175 e. The molecule has 0 atom stereocenters. The molecule has 18 heavy (non-hydrogen) atoms. The number of nitrogens with zero attached hydrogens (tertiary/aromatic N) is 1. The van der Waals surface area contributed by atoms with Gasteiger partial charge in [0, 0.05) is 6.26 Å². The van der Waals surface area contributed by atoms with Gasteiger partial charge in [0.05, 0.1) is 5.56 Å². The molecule has 0 aliphatic heterocycles. The van der Waals surface area contributed by atoms with Gasteiger partial charge in [-0.25, -0.2) is 8.42 Å². The Morgan fingerprint density at radius 2 is 2.11 bits per heavy atom. The summed E-state index contributed by atoms with van der Waals surface area (Å²) in [6.45, 7) is 1.95. The summed E-state index contributed by atoms with van der Waals surface area (Å²) in [5.74, 6) is 0.278. The van der Waals surface area contributed by atoms with Gasteiger partial charge in [0.2, 0.25) is 0 Å². The normalized spacial score (nSPS) is 11.7. The second-order valence-electron chi connectivity index (χ2n) is 4.31. The molecule has 6 heteroatoms. The second kappa shape index (κ2) is 4.45. The zero-order valence-corrected chi connectivity index (χ0v) is 11.0. The van der Waals surface area contributed by atoms with Gasteiger partial charge in [-0.15, -0.1) is 0 Å². The Balaban J connectivity index is 2.54. The molecule has 1 aromatic carbocycles. The van der Waals surface area contributed by atoms with E-state index in [0.717, 1.165) is 17.4 Å². The van der Waals surface area contributed by atoms with Gasteiger partial charge in [0.25, 0.3) is 0 Å². The summed E-state index contributed by atoms with van der Waals surface area (Å²) >= 11 is 0. The molecule has 1 heterocycles. The molecule has 0 fully saturated rings. The fourth-order valence-electron chi connectivity index (χ4n) is 1.78.